The number of hydrogen-bond donors (Lipinski definition) is 0. The van der Waals surface area contributed by atoms with E-state index in [1.54, 1.807) is 38.5 Å². The second-order valence-corrected chi connectivity index (χ2v) is 7.84. The highest BCUT2D eigenvalue weighted by atomic mass is 15.1. The molecule has 0 aromatic carbocycles. The van der Waals surface area contributed by atoms with Gasteiger partial charge in [0.1, 0.15) is 0 Å². The predicted molar refractivity (Wildman–Crippen MR) is 86.9 cm³/mol. The molecular weight excluding hydrogens is 242 g/mol. The van der Waals surface area contributed by atoms with Crippen molar-refractivity contribution in [2.45, 2.75) is 77.6 Å². The Balaban J connectivity index is 1.62. The molecule has 2 saturated carbocycles. The van der Waals surface area contributed by atoms with Gasteiger partial charge < -0.3 is 4.90 Å². The highest BCUT2D eigenvalue weighted by Gasteiger charge is 2.32. The first-order chi connectivity index (χ1) is 9.86. The van der Waals surface area contributed by atoms with Gasteiger partial charge in [0.15, 0.2) is 0 Å². The Labute approximate surface area is 126 Å². The number of fused-ring (bicyclic) bond motifs is 2. The third kappa shape index (κ3) is 3.59. The molecule has 1 heterocycles. The van der Waals surface area contributed by atoms with Crippen LogP contribution in [-0.4, -0.2) is 24.5 Å². The number of hydrogen-bond acceptors (Lipinski definition) is 1. The highest BCUT2D eigenvalue weighted by molar-refractivity contribution is 4.84. The van der Waals surface area contributed by atoms with Gasteiger partial charge in [-0.1, -0.05) is 39.0 Å². The molecule has 2 aliphatic carbocycles. The molecule has 4 unspecified atom stereocenters. The number of rotatable bonds is 1. The lowest BCUT2D eigenvalue weighted by atomic mass is 9.71. The Kier molecular flexibility index (Phi) is 5.42. The molecule has 1 heteroatoms. The standard InChI is InChI=1S/C19H35N/c1-2-20-14-12-18-10-8-16-6-4-3-5-7-17(16)9-11-19(18)13-15-20/h16-19H,2-15H2,1H3. The van der Waals surface area contributed by atoms with E-state index in [0.717, 1.165) is 23.7 Å². The Morgan fingerprint density at radius 1 is 0.600 bits per heavy atom. The van der Waals surface area contributed by atoms with Gasteiger partial charge in [-0.3, -0.25) is 0 Å². The first-order valence-electron chi connectivity index (χ1n) is 9.59. The van der Waals surface area contributed by atoms with E-state index >= 15 is 0 Å². The molecule has 3 rings (SSSR count). The molecule has 1 nitrogen and oxygen atoms in total. The van der Waals surface area contributed by atoms with E-state index in [1.807, 2.05) is 0 Å². The molecule has 0 radical (unpaired) electrons. The lowest BCUT2D eigenvalue weighted by Crippen LogP contribution is -2.24. The molecule has 0 aromatic rings. The van der Waals surface area contributed by atoms with E-state index in [-0.39, 0.29) is 0 Å². The van der Waals surface area contributed by atoms with Crippen LogP contribution in [0, 0.1) is 23.7 Å². The average molecular weight is 277 g/mol. The van der Waals surface area contributed by atoms with Crippen molar-refractivity contribution in [1.82, 2.24) is 4.90 Å². The van der Waals surface area contributed by atoms with Crippen LogP contribution >= 0.6 is 0 Å². The molecule has 4 atom stereocenters. The first kappa shape index (κ1) is 14.9. The Morgan fingerprint density at radius 3 is 1.50 bits per heavy atom. The van der Waals surface area contributed by atoms with E-state index in [2.05, 4.69) is 11.8 Å². The fraction of sp³-hybridized carbons (Fsp3) is 1.00. The van der Waals surface area contributed by atoms with Crippen LogP contribution < -0.4 is 0 Å². The summed E-state index contributed by atoms with van der Waals surface area (Å²) in [6.45, 7) is 6.37. The number of nitrogens with zero attached hydrogens (tertiary/aromatic N) is 1. The molecule has 3 fully saturated rings. The number of likely N-dealkylation sites (tertiary alicyclic amines) is 1. The monoisotopic (exact) mass is 277 g/mol. The third-order valence-corrected chi connectivity index (χ3v) is 6.88. The second kappa shape index (κ2) is 7.29. The van der Waals surface area contributed by atoms with Gasteiger partial charge >= 0.3 is 0 Å². The van der Waals surface area contributed by atoms with Crippen LogP contribution in [0.4, 0.5) is 0 Å². The Bertz CT molecular complexity index is 261. The van der Waals surface area contributed by atoms with E-state index < -0.39 is 0 Å². The molecule has 20 heavy (non-hydrogen) atoms. The predicted octanol–water partition coefficient (Wildman–Crippen LogP) is 5.11. The summed E-state index contributed by atoms with van der Waals surface area (Å²) in [6.07, 6.45) is 16.9. The molecule has 0 spiro atoms. The van der Waals surface area contributed by atoms with E-state index in [0.29, 0.717) is 0 Å². The van der Waals surface area contributed by atoms with Crippen LogP contribution in [0.3, 0.4) is 0 Å². The molecular formula is C19H35N. The second-order valence-electron chi connectivity index (χ2n) is 7.84. The molecule has 3 aliphatic rings. The van der Waals surface area contributed by atoms with Crippen molar-refractivity contribution < 1.29 is 0 Å². The van der Waals surface area contributed by atoms with E-state index in [9.17, 15) is 0 Å². The molecule has 1 saturated heterocycles. The first-order valence-corrected chi connectivity index (χ1v) is 9.59. The van der Waals surface area contributed by atoms with Crippen LogP contribution in [0.5, 0.6) is 0 Å². The van der Waals surface area contributed by atoms with Crippen LogP contribution in [-0.2, 0) is 0 Å². The molecule has 1 aliphatic heterocycles. The molecule has 0 aromatic heterocycles. The minimum Gasteiger partial charge on any atom is -0.304 e. The van der Waals surface area contributed by atoms with Gasteiger partial charge in [-0.15, -0.1) is 0 Å². The minimum absolute atomic E-state index is 1.07. The van der Waals surface area contributed by atoms with Gasteiger partial charge in [-0.05, 0) is 81.8 Å². The Hall–Kier alpha value is -0.0400. The van der Waals surface area contributed by atoms with Crippen molar-refractivity contribution in [3.63, 3.8) is 0 Å². The fourth-order valence-corrected chi connectivity index (χ4v) is 5.43. The average Bonchev–Trinajstić information content (AvgIpc) is 2.78. The topological polar surface area (TPSA) is 3.24 Å². The van der Waals surface area contributed by atoms with Crippen molar-refractivity contribution >= 4 is 0 Å². The van der Waals surface area contributed by atoms with Crippen molar-refractivity contribution in [2.24, 2.45) is 23.7 Å². The van der Waals surface area contributed by atoms with E-state index in [1.165, 1.54) is 51.7 Å². The summed E-state index contributed by atoms with van der Waals surface area (Å²) in [7, 11) is 0. The molecule has 0 bridgehead atoms. The summed E-state index contributed by atoms with van der Waals surface area (Å²) in [5.74, 6) is 4.33. The molecule has 0 N–H and O–H groups in total. The maximum absolute atomic E-state index is 2.70. The highest BCUT2D eigenvalue weighted by Crippen LogP contribution is 2.42. The normalized spacial score (nSPS) is 40.6. The molecule has 0 amide bonds. The van der Waals surface area contributed by atoms with Gasteiger partial charge in [0.05, 0.1) is 0 Å². The Morgan fingerprint density at radius 2 is 1.05 bits per heavy atom. The van der Waals surface area contributed by atoms with Crippen LogP contribution in [0.1, 0.15) is 77.6 Å². The van der Waals surface area contributed by atoms with Crippen molar-refractivity contribution in [3.8, 4) is 0 Å². The smallest absolute Gasteiger partial charge is 0.00161 e. The van der Waals surface area contributed by atoms with Gasteiger partial charge in [-0.25, -0.2) is 0 Å². The van der Waals surface area contributed by atoms with Crippen LogP contribution in [0.15, 0.2) is 0 Å². The minimum atomic E-state index is 1.07. The summed E-state index contributed by atoms with van der Waals surface area (Å²) in [5, 5.41) is 0. The van der Waals surface area contributed by atoms with Gasteiger partial charge in [0, 0.05) is 0 Å². The van der Waals surface area contributed by atoms with Gasteiger partial charge in [0.2, 0.25) is 0 Å². The zero-order valence-corrected chi connectivity index (χ0v) is 13.7. The van der Waals surface area contributed by atoms with Gasteiger partial charge in [0.25, 0.3) is 0 Å². The fourth-order valence-electron chi connectivity index (χ4n) is 5.43. The summed E-state index contributed by atoms with van der Waals surface area (Å²) < 4.78 is 0. The van der Waals surface area contributed by atoms with Crippen molar-refractivity contribution in [2.75, 3.05) is 19.6 Å². The van der Waals surface area contributed by atoms with Crippen LogP contribution in [0.25, 0.3) is 0 Å². The lowest BCUT2D eigenvalue weighted by Gasteiger charge is -2.34. The van der Waals surface area contributed by atoms with Crippen molar-refractivity contribution in [3.05, 3.63) is 0 Å². The summed E-state index contributed by atoms with van der Waals surface area (Å²) in [4.78, 5) is 2.70. The summed E-state index contributed by atoms with van der Waals surface area (Å²) in [5.41, 5.74) is 0. The zero-order valence-electron chi connectivity index (χ0n) is 13.7. The summed E-state index contributed by atoms with van der Waals surface area (Å²) >= 11 is 0. The van der Waals surface area contributed by atoms with Crippen LogP contribution in [0.2, 0.25) is 0 Å². The SMILES string of the molecule is CCN1CCC2CCC3CCCCCC3CCC2CC1. The third-order valence-electron chi connectivity index (χ3n) is 6.88. The maximum atomic E-state index is 2.70. The largest absolute Gasteiger partial charge is 0.304 e. The zero-order chi connectivity index (χ0) is 13.8. The van der Waals surface area contributed by atoms with Gasteiger partial charge in [-0.2, -0.15) is 0 Å². The quantitative estimate of drug-likeness (QED) is 0.644. The summed E-state index contributed by atoms with van der Waals surface area (Å²) in [6, 6.07) is 0. The van der Waals surface area contributed by atoms with Crippen molar-refractivity contribution in [1.29, 1.82) is 0 Å². The maximum Gasteiger partial charge on any atom is -0.00161 e. The lowest BCUT2D eigenvalue weighted by molar-refractivity contribution is 0.168. The molecule has 116 valence electrons. The van der Waals surface area contributed by atoms with E-state index in [4.69, 9.17) is 0 Å².